The zero-order valence-corrected chi connectivity index (χ0v) is 16.3. The molecule has 0 N–H and O–H groups in total. The van der Waals surface area contributed by atoms with Gasteiger partial charge in [0.1, 0.15) is 0 Å². The predicted octanol–water partition coefficient (Wildman–Crippen LogP) is 3.07. The molecule has 6 heteroatoms. The molecule has 0 bridgehead atoms. The van der Waals surface area contributed by atoms with E-state index in [1.807, 2.05) is 48.7 Å². The maximum Gasteiger partial charge on any atom is 0.333 e. The summed E-state index contributed by atoms with van der Waals surface area (Å²) in [6, 6.07) is 9.92. The molecule has 0 atom stereocenters. The lowest BCUT2D eigenvalue weighted by Crippen LogP contribution is -2.51. The standard InChI is InChI=1S/C21H27N4O2/c1-5-13-21(6-2,7-3)25-19(26)17-18(23(4)20(25)27)22-15-24(17)14-16-11-9-8-10-12-16/h8-12,15H,1,5-7,13-14H2,2-4H3. The molecule has 0 fully saturated rings. The second-order valence-corrected chi connectivity index (χ2v) is 7.05. The van der Waals surface area contributed by atoms with E-state index in [1.165, 1.54) is 9.13 Å². The third kappa shape index (κ3) is 3.13. The molecule has 0 saturated heterocycles. The van der Waals surface area contributed by atoms with Crippen molar-refractivity contribution in [2.75, 3.05) is 0 Å². The van der Waals surface area contributed by atoms with Gasteiger partial charge in [0.05, 0.1) is 11.9 Å². The first-order valence-corrected chi connectivity index (χ1v) is 9.49. The average molecular weight is 367 g/mol. The van der Waals surface area contributed by atoms with Gasteiger partial charge in [0, 0.05) is 13.6 Å². The second kappa shape index (κ2) is 7.55. The Morgan fingerprint density at radius 2 is 1.78 bits per heavy atom. The van der Waals surface area contributed by atoms with Crippen LogP contribution in [0.2, 0.25) is 0 Å². The van der Waals surface area contributed by atoms with Crippen molar-refractivity contribution in [1.82, 2.24) is 18.7 Å². The molecule has 2 aromatic heterocycles. The molecule has 0 aliphatic rings. The molecule has 0 saturated carbocycles. The fourth-order valence-corrected chi connectivity index (χ4v) is 3.95. The van der Waals surface area contributed by atoms with Crippen molar-refractivity contribution in [2.24, 2.45) is 7.05 Å². The van der Waals surface area contributed by atoms with E-state index < -0.39 is 5.54 Å². The summed E-state index contributed by atoms with van der Waals surface area (Å²) in [5.41, 5.74) is 0.869. The minimum absolute atomic E-state index is 0.265. The van der Waals surface area contributed by atoms with Crippen LogP contribution >= 0.6 is 0 Å². The number of fused-ring (bicyclic) bond motifs is 1. The monoisotopic (exact) mass is 367 g/mol. The molecule has 0 amide bonds. The molecule has 0 spiro atoms. The minimum Gasteiger partial charge on any atom is -0.320 e. The van der Waals surface area contributed by atoms with E-state index in [2.05, 4.69) is 11.9 Å². The van der Waals surface area contributed by atoms with Crippen molar-refractivity contribution in [3.8, 4) is 0 Å². The Labute approximate surface area is 159 Å². The SMILES string of the molecule is [CH2]CCC(CC)(CC)n1c(=O)c2c(ncn2Cc2ccccc2)n(C)c1=O. The number of aromatic nitrogens is 4. The number of aryl methyl sites for hydroxylation is 1. The summed E-state index contributed by atoms with van der Waals surface area (Å²) in [7, 11) is 1.68. The maximum absolute atomic E-state index is 13.5. The molecule has 143 valence electrons. The van der Waals surface area contributed by atoms with E-state index in [4.69, 9.17) is 0 Å². The molecular weight excluding hydrogens is 340 g/mol. The topological polar surface area (TPSA) is 61.8 Å². The fraction of sp³-hybridized carbons (Fsp3) is 0.429. The van der Waals surface area contributed by atoms with Crippen LogP contribution in [0, 0.1) is 6.92 Å². The highest BCUT2D eigenvalue weighted by Crippen LogP contribution is 2.28. The molecule has 3 rings (SSSR count). The number of benzene rings is 1. The maximum atomic E-state index is 13.5. The lowest BCUT2D eigenvalue weighted by Gasteiger charge is -2.33. The first kappa shape index (κ1) is 19.1. The third-order valence-corrected chi connectivity index (χ3v) is 5.65. The number of nitrogens with zero attached hydrogens (tertiary/aromatic N) is 4. The van der Waals surface area contributed by atoms with Gasteiger partial charge >= 0.3 is 5.69 Å². The van der Waals surface area contributed by atoms with Crippen LogP contribution < -0.4 is 11.2 Å². The van der Waals surface area contributed by atoms with Gasteiger partial charge in [-0.05, 0) is 24.8 Å². The summed E-state index contributed by atoms with van der Waals surface area (Å²) in [6.45, 7) is 8.54. The van der Waals surface area contributed by atoms with E-state index in [0.717, 1.165) is 5.56 Å². The smallest absolute Gasteiger partial charge is 0.320 e. The number of hydrogen-bond donors (Lipinski definition) is 0. The van der Waals surface area contributed by atoms with Gasteiger partial charge in [-0.2, -0.15) is 0 Å². The quantitative estimate of drug-likeness (QED) is 0.645. The van der Waals surface area contributed by atoms with Crippen LogP contribution in [0.5, 0.6) is 0 Å². The molecule has 1 aromatic carbocycles. The van der Waals surface area contributed by atoms with Gasteiger partial charge < -0.3 is 4.57 Å². The van der Waals surface area contributed by atoms with Gasteiger partial charge in [-0.15, -0.1) is 0 Å². The van der Waals surface area contributed by atoms with Gasteiger partial charge in [0.2, 0.25) is 0 Å². The van der Waals surface area contributed by atoms with Gasteiger partial charge in [0.15, 0.2) is 11.2 Å². The fourth-order valence-electron chi connectivity index (χ4n) is 3.95. The molecule has 0 unspecified atom stereocenters. The Morgan fingerprint density at radius 1 is 1.11 bits per heavy atom. The summed E-state index contributed by atoms with van der Waals surface area (Å²) in [5, 5.41) is 0. The molecule has 2 heterocycles. The highest BCUT2D eigenvalue weighted by molar-refractivity contribution is 5.70. The molecule has 0 aliphatic carbocycles. The van der Waals surface area contributed by atoms with Crippen LogP contribution in [-0.2, 0) is 19.1 Å². The van der Waals surface area contributed by atoms with Gasteiger partial charge in [0.25, 0.3) is 5.56 Å². The zero-order valence-electron chi connectivity index (χ0n) is 16.3. The van der Waals surface area contributed by atoms with E-state index in [0.29, 0.717) is 43.4 Å². The Balaban J connectivity index is 2.29. The van der Waals surface area contributed by atoms with Gasteiger partial charge in [-0.1, -0.05) is 57.5 Å². The normalized spacial score (nSPS) is 12.0. The van der Waals surface area contributed by atoms with Crippen molar-refractivity contribution < 1.29 is 0 Å². The average Bonchev–Trinajstić information content (AvgIpc) is 3.10. The first-order chi connectivity index (χ1) is 13.0. The molecule has 0 aliphatic heterocycles. The molecule has 1 radical (unpaired) electrons. The van der Waals surface area contributed by atoms with Crippen molar-refractivity contribution >= 4 is 11.2 Å². The highest BCUT2D eigenvalue weighted by atomic mass is 16.2. The van der Waals surface area contributed by atoms with E-state index >= 15 is 0 Å². The van der Waals surface area contributed by atoms with Crippen LogP contribution in [0.15, 0.2) is 46.2 Å². The van der Waals surface area contributed by atoms with E-state index in [9.17, 15) is 9.59 Å². The van der Waals surface area contributed by atoms with Crippen molar-refractivity contribution in [2.45, 2.75) is 51.6 Å². The van der Waals surface area contributed by atoms with Crippen molar-refractivity contribution in [3.63, 3.8) is 0 Å². The third-order valence-electron chi connectivity index (χ3n) is 5.65. The van der Waals surface area contributed by atoms with E-state index in [-0.39, 0.29) is 11.2 Å². The van der Waals surface area contributed by atoms with Crippen LogP contribution in [0.1, 0.15) is 45.1 Å². The Bertz CT molecular complexity index is 1040. The number of hydrogen-bond acceptors (Lipinski definition) is 3. The van der Waals surface area contributed by atoms with Gasteiger partial charge in [-0.25, -0.2) is 9.78 Å². The van der Waals surface area contributed by atoms with Crippen LogP contribution in [0.3, 0.4) is 0 Å². The minimum atomic E-state index is -0.524. The summed E-state index contributed by atoms with van der Waals surface area (Å²) in [4.78, 5) is 30.9. The summed E-state index contributed by atoms with van der Waals surface area (Å²) < 4.78 is 4.77. The molecule has 27 heavy (non-hydrogen) atoms. The van der Waals surface area contributed by atoms with Crippen LogP contribution in [0.4, 0.5) is 0 Å². The van der Waals surface area contributed by atoms with Crippen molar-refractivity contribution in [1.29, 1.82) is 0 Å². The highest BCUT2D eigenvalue weighted by Gasteiger charge is 2.32. The number of imidazole rings is 1. The van der Waals surface area contributed by atoms with Crippen molar-refractivity contribution in [3.05, 3.63) is 70.0 Å². The zero-order chi connectivity index (χ0) is 19.6. The molecule has 3 aromatic rings. The predicted molar refractivity (Wildman–Crippen MR) is 108 cm³/mol. The van der Waals surface area contributed by atoms with Gasteiger partial charge in [-0.3, -0.25) is 13.9 Å². The van der Waals surface area contributed by atoms with Crippen LogP contribution in [-0.4, -0.2) is 18.7 Å². The molecular formula is C21H27N4O2. The Kier molecular flexibility index (Phi) is 5.35. The summed E-state index contributed by atoms with van der Waals surface area (Å²) >= 11 is 0. The lowest BCUT2D eigenvalue weighted by atomic mass is 9.87. The number of rotatable bonds is 7. The second-order valence-electron chi connectivity index (χ2n) is 7.05. The lowest BCUT2D eigenvalue weighted by molar-refractivity contribution is 0.222. The summed E-state index contributed by atoms with van der Waals surface area (Å²) in [5.74, 6) is 0. The largest absolute Gasteiger partial charge is 0.333 e. The summed E-state index contributed by atoms with van der Waals surface area (Å²) in [6.07, 6.45) is 4.40. The Hall–Kier alpha value is -2.63. The molecule has 6 nitrogen and oxygen atoms in total. The first-order valence-electron chi connectivity index (χ1n) is 9.49. The Morgan fingerprint density at radius 3 is 2.37 bits per heavy atom. The van der Waals surface area contributed by atoms with Crippen LogP contribution in [0.25, 0.3) is 11.2 Å². The van der Waals surface area contributed by atoms with E-state index in [1.54, 1.807) is 13.4 Å².